The van der Waals surface area contributed by atoms with E-state index in [1.807, 2.05) is 12.1 Å². The van der Waals surface area contributed by atoms with E-state index in [1.54, 1.807) is 55.8 Å². The number of hydrogen-bond acceptors (Lipinski definition) is 10. The molecule has 0 atom stereocenters. The summed E-state index contributed by atoms with van der Waals surface area (Å²) in [4.78, 5) is 35.3. The molecule has 15 heteroatoms. The molecule has 0 aliphatic rings. The summed E-state index contributed by atoms with van der Waals surface area (Å²) in [5.41, 5.74) is 0.0468. The van der Waals surface area contributed by atoms with Gasteiger partial charge in [0.1, 0.15) is 42.1 Å². The molecule has 51 heavy (non-hydrogen) atoms. The van der Waals surface area contributed by atoms with Gasteiger partial charge in [0.25, 0.3) is 5.56 Å². The average molecular weight is 735 g/mol. The van der Waals surface area contributed by atoms with E-state index < -0.39 is 28.8 Å². The van der Waals surface area contributed by atoms with Crippen LogP contribution in [-0.4, -0.2) is 41.3 Å². The zero-order valence-electron chi connectivity index (χ0n) is 27.1. The Morgan fingerprint density at radius 1 is 1.04 bits per heavy atom. The van der Waals surface area contributed by atoms with E-state index in [2.05, 4.69) is 9.97 Å². The molecule has 260 valence electrons. The lowest BCUT2D eigenvalue weighted by atomic mass is 10.0. The van der Waals surface area contributed by atoms with Crippen molar-refractivity contribution in [2.75, 3.05) is 20.8 Å². The third kappa shape index (κ3) is 7.03. The minimum Gasteiger partial charge on any atom is -0.497 e. The van der Waals surface area contributed by atoms with Crippen molar-refractivity contribution in [1.82, 2.24) is 14.5 Å². The number of rotatable bonds is 10. The molecule has 0 aliphatic heterocycles. The first kappa shape index (κ1) is 35.2. The van der Waals surface area contributed by atoms with Crippen LogP contribution in [0.2, 0.25) is 5.02 Å². The first-order valence-corrected chi connectivity index (χ1v) is 16.3. The van der Waals surface area contributed by atoms with Crippen LogP contribution in [0, 0.1) is 18.3 Å². The van der Waals surface area contributed by atoms with E-state index in [4.69, 9.17) is 30.5 Å². The van der Waals surface area contributed by atoms with Crippen molar-refractivity contribution in [3.63, 3.8) is 0 Å². The SMILES string of the molecule is COC(=O)c1sc2c(-c3cc(Cl)ccc3OCCn3c(C)nc4cc(C(F)(F)F)cc(C#N)c4c3=O)ccnc2c1OCc1ccc(OC)cc1. The number of benzene rings is 3. The Labute approximate surface area is 297 Å². The van der Waals surface area contributed by atoms with Gasteiger partial charge in [0, 0.05) is 22.3 Å². The van der Waals surface area contributed by atoms with Gasteiger partial charge in [-0.3, -0.25) is 14.3 Å². The number of pyridine rings is 1. The van der Waals surface area contributed by atoms with Gasteiger partial charge in [0.2, 0.25) is 0 Å². The summed E-state index contributed by atoms with van der Waals surface area (Å²) in [5, 5.41) is 9.75. The lowest BCUT2D eigenvalue weighted by Gasteiger charge is -2.16. The summed E-state index contributed by atoms with van der Waals surface area (Å²) in [7, 11) is 2.85. The number of hydrogen-bond donors (Lipinski definition) is 0. The molecule has 0 radical (unpaired) electrons. The fraction of sp³-hybridized carbons (Fsp3) is 0.194. The van der Waals surface area contributed by atoms with Gasteiger partial charge in [-0.1, -0.05) is 23.7 Å². The highest BCUT2D eigenvalue weighted by Gasteiger charge is 2.32. The van der Waals surface area contributed by atoms with Crippen LogP contribution in [-0.2, 0) is 24.1 Å². The second kappa shape index (κ2) is 14.3. The number of nitrogens with zero attached hydrogens (tertiary/aromatic N) is 4. The molecule has 0 fully saturated rings. The maximum Gasteiger partial charge on any atom is 0.416 e. The van der Waals surface area contributed by atoms with Crippen LogP contribution in [0.15, 0.2) is 71.7 Å². The molecule has 0 saturated carbocycles. The van der Waals surface area contributed by atoms with Gasteiger partial charge in [-0.25, -0.2) is 9.78 Å². The lowest BCUT2D eigenvalue weighted by Crippen LogP contribution is -2.27. The molecule has 0 aliphatic carbocycles. The van der Waals surface area contributed by atoms with Crippen molar-refractivity contribution in [3.05, 3.63) is 110 Å². The van der Waals surface area contributed by atoms with Crippen LogP contribution in [0.5, 0.6) is 17.2 Å². The summed E-state index contributed by atoms with van der Waals surface area (Å²) in [6.07, 6.45) is -3.15. The van der Waals surface area contributed by atoms with Gasteiger partial charge < -0.3 is 18.9 Å². The van der Waals surface area contributed by atoms with Crippen molar-refractivity contribution in [2.24, 2.45) is 0 Å². The number of nitriles is 1. The van der Waals surface area contributed by atoms with Gasteiger partial charge in [0.05, 0.1) is 47.5 Å². The van der Waals surface area contributed by atoms with Gasteiger partial charge >= 0.3 is 12.1 Å². The van der Waals surface area contributed by atoms with E-state index in [9.17, 15) is 28.0 Å². The molecule has 0 spiro atoms. The zero-order valence-corrected chi connectivity index (χ0v) is 28.7. The van der Waals surface area contributed by atoms with Gasteiger partial charge in [0.15, 0.2) is 10.6 Å². The maximum atomic E-state index is 13.5. The number of aryl methyl sites for hydroxylation is 1. The largest absolute Gasteiger partial charge is 0.497 e. The maximum absolute atomic E-state index is 13.5. The second-order valence-corrected chi connectivity index (χ2v) is 12.5. The molecule has 0 bridgehead atoms. The Kier molecular flexibility index (Phi) is 9.86. The van der Waals surface area contributed by atoms with Crippen LogP contribution in [0.3, 0.4) is 0 Å². The number of halogens is 4. The number of ether oxygens (including phenoxy) is 4. The fourth-order valence-electron chi connectivity index (χ4n) is 5.48. The average Bonchev–Trinajstić information content (AvgIpc) is 3.50. The van der Waals surface area contributed by atoms with Crippen molar-refractivity contribution in [3.8, 4) is 34.4 Å². The number of methoxy groups -OCH3 is 2. The smallest absolute Gasteiger partial charge is 0.416 e. The molecule has 6 aromatic rings. The molecule has 6 rings (SSSR count). The van der Waals surface area contributed by atoms with Gasteiger partial charge in [-0.2, -0.15) is 18.4 Å². The summed E-state index contributed by atoms with van der Waals surface area (Å²) in [5.74, 6) is 0.861. The molecule has 3 aromatic carbocycles. The second-order valence-electron chi connectivity index (χ2n) is 11.1. The van der Waals surface area contributed by atoms with E-state index in [0.717, 1.165) is 23.0 Å². The van der Waals surface area contributed by atoms with Crippen molar-refractivity contribution in [1.29, 1.82) is 5.26 Å². The van der Waals surface area contributed by atoms with Crippen LogP contribution in [0.25, 0.3) is 32.2 Å². The Bertz CT molecular complexity index is 2400. The molecule has 3 aromatic heterocycles. The fourth-order valence-corrected chi connectivity index (χ4v) is 6.80. The number of carbonyl (C=O) groups excluding carboxylic acids is 1. The van der Waals surface area contributed by atoms with Crippen LogP contribution < -0.4 is 19.8 Å². The van der Waals surface area contributed by atoms with Crippen LogP contribution >= 0.6 is 22.9 Å². The predicted octanol–water partition coefficient (Wildman–Crippen LogP) is 7.98. The highest BCUT2D eigenvalue weighted by atomic mass is 35.5. The van der Waals surface area contributed by atoms with E-state index in [1.165, 1.54) is 18.6 Å². The zero-order chi connectivity index (χ0) is 36.4. The van der Waals surface area contributed by atoms with Crippen molar-refractivity contribution >= 4 is 50.0 Å². The van der Waals surface area contributed by atoms with Gasteiger partial charge in [-0.05, 0) is 61.0 Å². The quantitative estimate of drug-likeness (QED) is 0.129. The Balaban J connectivity index is 1.33. The van der Waals surface area contributed by atoms with E-state index >= 15 is 0 Å². The summed E-state index contributed by atoms with van der Waals surface area (Å²) >= 11 is 7.57. The molecule has 0 saturated heterocycles. The highest BCUT2D eigenvalue weighted by Crippen LogP contribution is 2.45. The highest BCUT2D eigenvalue weighted by molar-refractivity contribution is 7.21. The molecule has 3 heterocycles. The summed E-state index contributed by atoms with van der Waals surface area (Å²) in [6, 6.07) is 17.1. The lowest BCUT2D eigenvalue weighted by molar-refractivity contribution is -0.137. The summed E-state index contributed by atoms with van der Waals surface area (Å²) in [6.45, 7) is 1.52. The Hall–Kier alpha value is -5.65. The number of alkyl halides is 3. The standard InChI is InChI=1S/C36H26ClF3N4O6S/c1-19-43-27-15-22(36(38,39)40)14-21(17-41)29(27)34(45)44(19)12-13-49-28-9-6-23(37)16-26(28)25-10-11-42-30-31(33(35(46)48-3)51-32(25)30)50-18-20-4-7-24(47-2)8-5-20/h4-11,14-16H,12-13,18H2,1-3H3. The van der Waals surface area contributed by atoms with Crippen LogP contribution in [0.4, 0.5) is 13.2 Å². The predicted molar refractivity (Wildman–Crippen MR) is 185 cm³/mol. The minimum absolute atomic E-state index is 0.0395. The number of aromatic nitrogens is 3. The molecular formula is C36H26ClF3N4O6S. The number of carbonyl (C=O) groups is 1. The topological polar surface area (TPSA) is 126 Å². The third-order valence-electron chi connectivity index (χ3n) is 7.94. The van der Waals surface area contributed by atoms with E-state index in [0.29, 0.717) is 43.9 Å². The number of fused-ring (bicyclic) bond motifs is 2. The first-order valence-electron chi connectivity index (χ1n) is 15.1. The Morgan fingerprint density at radius 2 is 1.80 bits per heavy atom. The summed E-state index contributed by atoms with van der Waals surface area (Å²) < 4.78 is 64.7. The monoisotopic (exact) mass is 734 g/mol. The molecular weight excluding hydrogens is 709 g/mol. The minimum atomic E-state index is -4.72. The van der Waals surface area contributed by atoms with E-state index in [-0.39, 0.29) is 47.1 Å². The molecule has 0 amide bonds. The van der Waals surface area contributed by atoms with Crippen LogP contribution in [0.1, 0.15) is 32.2 Å². The normalized spacial score (nSPS) is 11.4. The van der Waals surface area contributed by atoms with Crippen molar-refractivity contribution in [2.45, 2.75) is 26.3 Å². The van der Waals surface area contributed by atoms with Crippen molar-refractivity contribution < 1.29 is 36.9 Å². The Morgan fingerprint density at radius 3 is 2.49 bits per heavy atom. The molecule has 0 unspecified atom stereocenters. The first-order chi connectivity index (χ1) is 24.4. The third-order valence-corrected chi connectivity index (χ3v) is 9.35. The molecule has 10 nitrogen and oxygen atoms in total. The number of thiophene rings is 1. The van der Waals surface area contributed by atoms with Gasteiger partial charge in [-0.15, -0.1) is 11.3 Å². The number of esters is 1. The molecule has 0 N–H and O–H groups in total.